The number of hydrogen-bond acceptors (Lipinski definition) is 2. The van der Waals surface area contributed by atoms with Crippen LogP contribution in [-0.2, 0) is 9.59 Å². The summed E-state index contributed by atoms with van der Waals surface area (Å²) >= 11 is 0. The lowest BCUT2D eigenvalue weighted by molar-refractivity contribution is -0.152. The zero-order chi connectivity index (χ0) is 15.6. The van der Waals surface area contributed by atoms with Crippen LogP contribution in [0.3, 0.4) is 0 Å². The number of piperazine rings is 1. The maximum atomic E-state index is 12.7. The average molecular weight is 288 g/mol. The van der Waals surface area contributed by atoms with Crippen LogP contribution < -0.4 is 5.32 Å². The molecule has 1 aromatic rings. The molecular formula is C17H24N2O2. The first-order valence-corrected chi connectivity index (χ1v) is 7.69. The van der Waals surface area contributed by atoms with Gasteiger partial charge in [0.2, 0.25) is 11.8 Å². The summed E-state index contributed by atoms with van der Waals surface area (Å²) in [5.41, 5.74) is 2.25. The minimum atomic E-state index is -0.397. The Labute approximate surface area is 126 Å². The molecule has 2 amide bonds. The maximum Gasteiger partial charge on any atom is 0.246 e. The lowest BCUT2D eigenvalue weighted by Gasteiger charge is -2.42. The van der Waals surface area contributed by atoms with E-state index >= 15 is 0 Å². The van der Waals surface area contributed by atoms with Crippen molar-refractivity contribution in [2.24, 2.45) is 0 Å². The molecule has 2 rings (SSSR count). The summed E-state index contributed by atoms with van der Waals surface area (Å²) in [6.07, 6.45) is 1.25. The first kappa shape index (κ1) is 15.5. The van der Waals surface area contributed by atoms with Gasteiger partial charge in [-0.15, -0.1) is 0 Å². The molecule has 0 aromatic heterocycles. The molecule has 0 spiro atoms. The fourth-order valence-electron chi connectivity index (χ4n) is 3.11. The predicted molar refractivity (Wildman–Crippen MR) is 82.7 cm³/mol. The van der Waals surface area contributed by atoms with Gasteiger partial charge in [-0.25, -0.2) is 0 Å². The van der Waals surface area contributed by atoms with E-state index in [1.54, 1.807) is 4.90 Å². The smallest absolute Gasteiger partial charge is 0.246 e. The number of amides is 2. The molecule has 1 N–H and O–H groups in total. The predicted octanol–water partition coefficient (Wildman–Crippen LogP) is 2.57. The number of benzene rings is 1. The SMILES string of the molecule is CCC1NC(=O)C(CC)N(C(C)c2ccccc2C)C1=O. The van der Waals surface area contributed by atoms with Crippen LogP contribution in [0.25, 0.3) is 0 Å². The van der Waals surface area contributed by atoms with Crippen molar-refractivity contribution in [3.63, 3.8) is 0 Å². The first-order chi connectivity index (χ1) is 10.0. The van der Waals surface area contributed by atoms with Gasteiger partial charge in [-0.1, -0.05) is 38.1 Å². The number of nitrogens with one attached hydrogen (secondary N) is 1. The second kappa shape index (κ2) is 6.29. The molecule has 1 aliphatic rings. The molecule has 0 saturated carbocycles. The Morgan fingerprint density at radius 1 is 1.19 bits per heavy atom. The van der Waals surface area contributed by atoms with Gasteiger partial charge in [0, 0.05) is 0 Å². The monoisotopic (exact) mass is 288 g/mol. The van der Waals surface area contributed by atoms with E-state index in [4.69, 9.17) is 0 Å². The van der Waals surface area contributed by atoms with Gasteiger partial charge >= 0.3 is 0 Å². The van der Waals surface area contributed by atoms with Gasteiger partial charge in [-0.05, 0) is 37.8 Å². The molecule has 4 heteroatoms. The van der Waals surface area contributed by atoms with Crippen LogP contribution in [0.4, 0.5) is 0 Å². The van der Waals surface area contributed by atoms with E-state index in [1.807, 2.05) is 52.0 Å². The van der Waals surface area contributed by atoms with E-state index in [9.17, 15) is 9.59 Å². The van der Waals surface area contributed by atoms with Gasteiger partial charge in [-0.3, -0.25) is 9.59 Å². The van der Waals surface area contributed by atoms with Crippen molar-refractivity contribution >= 4 is 11.8 Å². The number of hydrogen-bond donors (Lipinski definition) is 1. The Morgan fingerprint density at radius 3 is 2.43 bits per heavy atom. The highest BCUT2D eigenvalue weighted by Gasteiger charge is 2.41. The largest absolute Gasteiger partial charge is 0.343 e. The Hall–Kier alpha value is -1.84. The molecule has 4 nitrogen and oxygen atoms in total. The summed E-state index contributed by atoms with van der Waals surface area (Å²) in [6, 6.07) is 7.17. The number of nitrogens with zero attached hydrogens (tertiary/aromatic N) is 1. The van der Waals surface area contributed by atoms with Crippen molar-refractivity contribution < 1.29 is 9.59 Å². The third-order valence-corrected chi connectivity index (χ3v) is 4.36. The number of carbonyl (C=O) groups is 2. The molecular weight excluding hydrogens is 264 g/mol. The van der Waals surface area contributed by atoms with Gasteiger partial charge in [0.05, 0.1) is 6.04 Å². The third-order valence-electron chi connectivity index (χ3n) is 4.36. The second-order valence-corrected chi connectivity index (χ2v) is 5.67. The van der Waals surface area contributed by atoms with Crippen LogP contribution in [0, 0.1) is 6.92 Å². The zero-order valence-corrected chi connectivity index (χ0v) is 13.2. The Morgan fingerprint density at radius 2 is 1.86 bits per heavy atom. The van der Waals surface area contributed by atoms with Crippen molar-refractivity contribution in [1.82, 2.24) is 10.2 Å². The lowest BCUT2D eigenvalue weighted by Crippen LogP contribution is -2.63. The van der Waals surface area contributed by atoms with Gasteiger partial charge in [-0.2, -0.15) is 0 Å². The van der Waals surface area contributed by atoms with Gasteiger partial charge in [0.15, 0.2) is 0 Å². The van der Waals surface area contributed by atoms with Crippen LogP contribution in [0.5, 0.6) is 0 Å². The molecule has 0 radical (unpaired) electrons. The molecule has 1 aromatic carbocycles. The maximum absolute atomic E-state index is 12.7. The van der Waals surface area contributed by atoms with E-state index in [0.717, 1.165) is 11.1 Å². The Balaban J connectivity index is 2.39. The summed E-state index contributed by atoms with van der Waals surface area (Å²) in [5, 5.41) is 2.84. The Kier molecular flexibility index (Phi) is 4.66. The molecule has 1 fully saturated rings. The summed E-state index contributed by atoms with van der Waals surface area (Å²) in [6.45, 7) is 7.92. The minimum absolute atomic E-state index is 0.0275. The van der Waals surface area contributed by atoms with Crippen molar-refractivity contribution in [2.45, 2.75) is 58.7 Å². The lowest BCUT2D eigenvalue weighted by atomic mass is 9.95. The van der Waals surface area contributed by atoms with Gasteiger partial charge in [0.1, 0.15) is 12.1 Å². The normalized spacial score (nSPS) is 23.9. The number of rotatable bonds is 4. The van der Waals surface area contributed by atoms with E-state index in [2.05, 4.69) is 5.32 Å². The van der Waals surface area contributed by atoms with E-state index in [0.29, 0.717) is 12.8 Å². The summed E-state index contributed by atoms with van der Waals surface area (Å²) in [4.78, 5) is 26.7. The standard InChI is InChI=1S/C17H24N2O2/c1-5-14-17(21)19(15(6-2)16(20)18-14)12(4)13-10-8-7-9-11(13)3/h7-10,12,14-15H,5-6H2,1-4H3,(H,18,20). The van der Waals surface area contributed by atoms with Crippen molar-refractivity contribution in [2.75, 3.05) is 0 Å². The zero-order valence-electron chi connectivity index (χ0n) is 13.2. The summed E-state index contributed by atoms with van der Waals surface area (Å²) in [7, 11) is 0. The van der Waals surface area contributed by atoms with Crippen LogP contribution in [0.1, 0.15) is 50.8 Å². The van der Waals surface area contributed by atoms with E-state index in [1.165, 1.54) is 0 Å². The number of aryl methyl sites for hydroxylation is 1. The van der Waals surface area contributed by atoms with Crippen LogP contribution in [0.15, 0.2) is 24.3 Å². The van der Waals surface area contributed by atoms with Crippen molar-refractivity contribution in [3.05, 3.63) is 35.4 Å². The van der Waals surface area contributed by atoms with Gasteiger partial charge < -0.3 is 10.2 Å². The fourth-order valence-corrected chi connectivity index (χ4v) is 3.11. The molecule has 3 atom stereocenters. The van der Waals surface area contributed by atoms with Gasteiger partial charge in [0.25, 0.3) is 0 Å². The third kappa shape index (κ3) is 2.80. The van der Waals surface area contributed by atoms with Crippen LogP contribution in [0.2, 0.25) is 0 Å². The molecule has 21 heavy (non-hydrogen) atoms. The molecule has 1 heterocycles. The molecule has 114 valence electrons. The minimum Gasteiger partial charge on any atom is -0.343 e. The van der Waals surface area contributed by atoms with E-state index < -0.39 is 6.04 Å². The highest BCUT2D eigenvalue weighted by molar-refractivity contribution is 5.97. The summed E-state index contributed by atoms with van der Waals surface area (Å²) < 4.78 is 0. The quantitative estimate of drug-likeness (QED) is 0.925. The molecule has 1 saturated heterocycles. The van der Waals surface area contributed by atoms with Crippen molar-refractivity contribution in [3.8, 4) is 0 Å². The first-order valence-electron chi connectivity index (χ1n) is 7.69. The fraction of sp³-hybridized carbons (Fsp3) is 0.529. The Bertz CT molecular complexity index is 541. The van der Waals surface area contributed by atoms with Crippen LogP contribution in [-0.4, -0.2) is 28.8 Å². The molecule has 0 aliphatic carbocycles. The molecule has 1 aliphatic heterocycles. The summed E-state index contributed by atoms with van der Waals surface area (Å²) in [5.74, 6) is -0.0101. The number of carbonyl (C=O) groups excluding carboxylic acids is 2. The molecule has 3 unspecified atom stereocenters. The highest BCUT2D eigenvalue weighted by Crippen LogP contribution is 2.29. The average Bonchev–Trinajstić information content (AvgIpc) is 2.48. The topological polar surface area (TPSA) is 49.4 Å². The van der Waals surface area contributed by atoms with Crippen molar-refractivity contribution in [1.29, 1.82) is 0 Å². The highest BCUT2D eigenvalue weighted by atomic mass is 16.2. The van der Waals surface area contributed by atoms with Crippen LogP contribution >= 0.6 is 0 Å². The second-order valence-electron chi connectivity index (χ2n) is 5.67. The van der Waals surface area contributed by atoms with E-state index in [-0.39, 0.29) is 23.9 Å². The molecule has 0 bridgehead atoms.